The maximum atomic E-state index is 10.7. The number of aromatic carboxylic acids is 1. The molecule has 1 aromatic heterocycles. The quantitative estimate of drug-likeness (QED) is 0.805. The number of hydrogen-bond acceptors (Lipinski definition) is 3. The summed E-state index contributed by atoms with van der Waals surface area (Å²) in [5, 5.41) is 18.4. The van der Waals surface area contributed by atoms with E-state index in [0.29, 0.717) is 11.3 Å². The molecule has 16 heavy (non-hydrogen) atoms. The number of nitrogens with zero attached hydrogens (tertiary/aromatic N) is 1. The molecule has 4 heteroatoms. The van der Waals surface area contributed by atoms with E-state index in [1.165, 1.54) is 12.1 Å². The van der Waals surface area contributed by atoms with Gasteiger partial charge in [0.05, 0.1) is 11.3 Å². The van der Waals surface area contributed by atoms with Crippen molar-refractivity contribution >= 4 is 5.97 Å². The molecule has 80 valence electrons. The second-order valence-electron chi connectivity index (χ2n) is 3.25. The fourth-order valence-electron chi connectivity index (χ4n) is 1.40. The fraction of sp³-hybridized carbons (Fsp3) is 0. The van der Waals surface area contributed by atoms with Gasteiger partial charge in [-0.2, -0.15) is 0 Å². The van der Waals surface area contributed by atoms with Crippen molar-refractivity contribution < 1.29 is 15.0 Å². The molecule has 0 atom stereocenters. The van der Waals surface area contributed by atoms with Crippen LogP contribution in [0.4, 0.5) is 0 Å². The van der Waals surface area contributed by atoms with E-state index in [1.54, 1.807) is 30.5 Å². The molecule has 0 radical (unpaired) electrons. The predicted molar refractivity (Wildman–Crippen MR) is 58.3 cm³/mol. The monoisotopic (exact) mass is 215 g/mol. The van der Waals surface area contributed by atoms with Gasteiger partial charge in [0.2, 0.25) is 0 Å². The third-order valence-electron chi connectivity index (χ3n) is 2.19. The minimum absolute atomic E-state index is 0.0529. The van der Waals surface area contributed by atoms with Gasteiger partial charge in [-0.05, 0) is 30.3 Å². The number of aromatic hydroxyl groups is 1. The maximum absolute atomic E-state index is 10.7. The SMILES string of the molecule is O=C(O)c1ccc(-c2ccccn2)c(O)c1. The van der Waals surface area contributed by atoms with Crippen molar-refractivity contribution in [1.29, 1.82) is 0 Å². The van der Waals surface area contributed by atoms with Crippen molar-refractivity contribution in [2.24, 2.45) is 0 Å². The lowest BCUT2D eigenvalue weighted by Gasteiger charge is -2.04. The number of carboxylic acid groups (broad SMARTS) is 1. The lowest BCUT2D eigenvalue weighted by Crippen LogP contribution is -1.95. The molecule has 1 aromatic carbocycles. The molecule has 0 bridgehead atoms. The Morgan fingerprint density at radius 1 is 1.19 bits per heavy atom. The van der Waals surface area contributed by atoms with Crippen LogP contribution in [0.2, 0.25) is 0 Å². The van der Waals surface area contributed by atoms with Gasteiger partial charge < -0.3 is 10.2 Å². The fourth-order valence-corrected chi connectivity index (χ4v) is 1.40. The summed E-state index contributed by atoms with van der Waals surface area (Å²) >= 11 is 0. The molecule has 4 nitrogen and oxygen atoms in total. The van der Waals surface area contributed by atoms with E-state index < -0.39 is 5.97 Å². The van der Waals surface area contributed by atoms with Crippen LogP contribution in [-0.4, -0.2) is 21.2 Å². The van der Waals surface area contributed by atoms with Gasteiger partial charge in [-0.25, -0.2) is 4.79 Å². The smallest absolute Gasteiger partial charge is 0.335 e. The predicted octanol–water partition coefficient (Wildman–Crippen LogP) is 2.15. The Labute approximate surface area is 91.8 Å². The summed E-state index contributed by atoms with van der Waals surface area (Å²) in [5.41, 5.74) is 1.18. The average Bonchev–Trinajstić information content (AvgIpc) is 2.30. The summed E-state index contributed by atoms with van der Waals surface area (Å²) in [4.78, 5) is 14.8. The van der Waals surface area contributed by atoms with E-state index in [0.717, 1.165) is 0 Å². The molecule has 2 N–H and O–H groups in total. The average molecular weight is 215 g/mol. The van der Waals surface area contributed by atoms with Gasteiger partial charge in [0.15, 0.2) is 0 Å². The number of phenolic OH excluding ortho intramolecular Hbond substituents is 1. The van der Waals surface area contributed by atoms with Gasteiger partial charge in [0, 0.05) is 11.8 Å². The first-order valence-corrected chi connectivity index (χ1v) is 4.66. The number of hydrogen-bond donors (Lipinski definition) is 2. The normalized spacial score (nSPS) is 10.0. The van der Waals surface area contributed by atoms with Crippen molar-refractivity contribution in [3.05, 3.63) is 48.2 Å². The molecule has 0 unspecified atom stereocenters. The molecular weight excluding hydrogens is 206 g/mol. The number of pyridine rings is 1. The van der Waals surface area contributed by atoms with Crippen molar-refractivity contribution in [3.63, 3.8) is 0 Å². The number of rotatable bonds is 2. The van der Waals surface area contributed by atoms with Gasteiger partial charge in [-0.1, -0.05) is 6.07 Å². The van der Waals surface area contributed by atoms with E-state index in [1.807, 2.05) is 0 Å². The lowest BCUT2D eigenvalue weighted by molar-refractivity contribution is 0.0696. The second-order valence-corrected chi connectivity index (χ2v) is 3.25. The molecule has 0 saturated carbocycles. The van der Waals surface area contributed by atoms with Gasteiger partial charge in [-0.15, -0.1) is 0 Å². The largest absolute Gasteiger partial charge is 0.507 e. The maximum Gasteiger partial charge on any atom is 0.335 e. The third-order valence-corrected chi connectivity index (χ3v) is 2.19. The Morgan fingerprint density at radius 3 is 2.56 bits per heavy atom. The van der Waals surface area contributed by atoms with Crippen molar-refractivity contribution in [3.8, 4) is 17.0 Å². The zero-order chi connectivity index (χ0) is 11.5. The zero-order valence-corrected chi connectivity index (χ0v) is 8.29. The van der Waals surface area contributed by atoms with Crippen LogP contribution >= 0.6 is 0 Å². The van der Waals surface area contributed by atoms with E-state index in [2.05, 4.69) is 4.98 Å². The molecule has 0 amide bonds. The highest BCUT2D eigenvalue weighted by molar-refractivity contribution is 5.89. The summed E-state index contributed by atoms with van der Waals surface area (Å²) in [5.74, 6) is -1.15. The molecule has 2 rings (SSSR count). The van der Waals surface area contributed by atoms with Gasteiger partial charge in [0.25, 0.3) is 0 Å². The summed E-state index contributed by atoms with van der Waals surface area (Å²) in [6.45, 7) is 0. The molecule has 1 heterocycles. The summed E-state index contributed by atoms with van der Waals surface area (Å²) in [6.07, 6.45) is 1.61. The molecule has 0 aliphatic carbocycles. The molecular formula is C12H9NO3. The Kier molecular flexibility index (Phi) is 2.55. The number of carboxylic acids is 1. The molecule has 0 aliphatic heterocycles. The van der Waals surface area contributed by atoms with Crippen molar-refractivity contribution in [2.75, 3.05) is 0 Å². The van der Waals surface area contributed by atoms with Crippen molar-refractivity contribution in [1.82, 2.24) is 4.98 Å². The minimum atomic E-state index is -1.07. The Morgan fingerprint density at radius 2 is 2.00 bits per heavy atom. The summed E-state index contributed by atoms with van der Waals surface area (Å²) in [7, 11) is 0. The Bertz CT molecular complexity index is 523. The topological polar surface area (TPSA) is 70.4 Å². The molecule has 0 fully saturated rings. The Hall–Kier alpha value is -2.36. The van der Waals surface area contributed by atoms with Crippen LogP contribution in [0.15, 0.2) is 42.6 Å². The van der Waals surface area contributed by atoms with E-state index >= 15 is 0 Å². The van der Waals surface area contributed by atoms with Crippen LogP contribution < -0.4 is 0 Å². The number of carbonyl (C=O) groups is 1. The highest BCUT2D eigenvalue weighted by Crippen LogP contribution is 2.28. The Balaban J connectivity index is 2.48. The van der Waals surface area contributed by atoms with E-state index in [9.17, 15) is 9.90 Å². The van der Waals surface area contributed by atoms with Gasteiger partial charge >= 0.3 is 5.97 Å². The highest BCUT2D eigenvalue weighted by Gasteiger charge is 2.09. The third kappa shape index (κ3) is 1.86. The molecule has 0 aliphatic rings. The minimum Gasteiger partial charge on any atom is -0.507 e. The van der Waals surface area contributed by atoms with Crippen LogP contribution in [0, 0.1) is 0 Å². The van der Waals surface area contributed by atoms with Crippen LogP contribution in [0.1, 0.15) is 10.4 Å². The van der Waals surface area contributed by atoms with Crippen LogP contribution in [0.25, 0.3) is 11.3 Å². The first kappa shape index (κ1) is 10.2. The van der Waals surface area contributed by atoms with E-state index in [-0.39, 0.29) is 11.3 Å². The van der Waals surface area contributed by atoms with Gasteiger partial charge in [-0.3, -0.25) is 4.98 Å². The number of phenols is 1. The molecule has 0 saturated heterocycles. The van der Waals surface area contributed by atoms with E-state index in [4.69, 9.17) is 5.11 Å². The van der Waals surface area contributed by atoms with Crippen molar-refractivity contribution in [2.45, 2.75) is 0 Å². The second kappa shape index (κ2) is 4.02. The summed E-state index contributed by atoms with van der Waals surface area (Å²) < 4.78 is 0. The van der Waals surface area contributed by atoms with Crippen LogP contribution in [0.5, 0.6) is 5.75 Å². The number of benzene rings is 1. The molecule has 2 aromatic rings. The standard InChI is InChI=1S/C12H9NO3/c14-11-7-8(12(15)16)4-5-9(11)10-3-1-2-6-13-10/h1-7,14H,(H,15,16). The van der Waals surface area contributed by atoms with Gasteiger partial charge in [0.1, 0.15) is 5.75 Å². The van der Waals surface area contributed by atoms with Crippen LogP contribution in [0.3, 0.4) is 0 Å². The zero-order valence-electron chi connectivity index (χ0n) is 8.29. The number of aromatic nitrogens is 1. The van der Waals surface area contributed by atoms with Crippen LogP contribution in [-0.2, 0) is 0 Å². The lowest BCUT2D eigenvalue weighted by atomic mass is 10.1. The first-order chi connectivity index (χ1) is 7.68. The first-order valence-electron chi connectivity index (χ1n) is 4.66. The summed E-state index contributed by atoms with van der Waals surface area (Å²) in [6, 6.07) is 9.51. The highest BCUT2D eigenvalue weighted by atomic mass is 16.4. The molecule has 0 spiro atoms.